The summed E-state index contributed by atoms with van der Waals surface area (Å²) in [6.45, 7) is 5.90. The van der Waals surface area contributed by atoms with Gasteiger partial charge in [-0.15, -0.1) is 0 Å². The number of rotatable bonds is 2. The first-order valence-corrected chi connectivity index (χ1v) is 7.38. The topological polar surface area (TPSA) is 59.8 Å². The number of carbonyl (C=O) groups excluding carboxylic acids is 1. The Kier molecular flexibility index (Phi) is 3.79. The Balaban J connectivity index is 2.05. The van der Waals surface area contributed by atoms with Crippen molar-refractivity contribution < 1.29 is 13.6 Å². The molecule has 0 aliphatic carbocycles. The third kappa shape index (κ3) is 2.84. The molecule has 7 heteroatoms. The third-order valence-corrected chi connectivity index (χ3v) is 3.48. The highest BCUT2D eigenvalue weighted by Gasteiger charge is 2.24. The molecule has 1 amide bonds. The molecule has 0 aliphatic rings. The first kappa shape index (κ1) is 16.0. The number of benzene rings is 1. The molecule has 0 saturated carbocycles. The Morgan fingerprint density at radius 2 is 1.92 bits per heavy atom. The van der Waals surface area contributed by atoms with E-state index in [0.717, 1.165) is 11.7 Å². The number of hydrogen-bond donors (Lipinski definition) is 1. The molecule has 0 radical (unpaired) electrons. The third-order valence-electron chi connectivity index (χ3n) is 3.48. The zero-order valence-electron chi connectivity index (χ0n) is 13.5. The second-order valence-electron chi connectivity index (χ2n) is 6.37. The Bertz CT molecular complexity index is 928. The van der Waals surface area contributed by atoms with E-state index in [9.17, 15) is 13.6 Å². The Hall–Kier alpha value is -2.83. The molecular weight excluding hydrogens is 314 g/mol. The van der Waals surface area contributed by atoms with Crippen LogP contribution in [0.2, 0.25) is 0 Å². The fourth-order valence-electron chi connectivity index (χ4n) is 2.53. The van der Waals surface area contributed by atoms with Gasteiger partial charge >= 0.3 is 0 Å². The van der Waals surface area contributed by atoms with E-state index in [1.165, 1.54) is 0 Å². The van der Waals surface area contributed by atoms with Crippen LogP contribution < -0.4 is 5.32 Å². The number of nitrogens with zero attached hydrogens (tertiary/aromatic N) is 3. The van der Waals surface area contributed by atoms with Gasteiger partial charge in [0.15, 0.2) is 11.5 Å². The summed E-state index contributed by atoms with van der Waals surface area (Å²) in [7, 11) is 0. The maximum atomic E-state index is 13.8. The highest BCUT2D eigenvalue weighted by Crippen LogP contribution is 2.28. The molecule has 0 atom stereocenters. The molecule has 1 aromatic carbocycles. The van der Waals surface area contributed by atoms with Gasteiger partial charge in [0, 0.05) is 11.6 Å². The van der Waals surface area contributed by atoms with Gasteiger partial charge in [-0.1, -0.05) is 12.1 Å². The van der Waals surface area contributed by atoms with Crippen LogP contribution in [0.3, 0.4) is 0 Å². The van der Waals surface area contributed by atoms with E-state index in [-0.39, 0.29) is 11.5 Å². The summed E-state index contributed by atoms with van der Waals surface area (Å²) in [5, 5.41) is 2.57. The predicted molar refractivity (Wildman–Crippen MR) is 86.8 cm³/mol. The SMILES string of the molecule is CC(C)(C)n1c(NC(=O)c2ncc(F)cc2F)nc2ccccc21. The van der Waals surface area contributed by atoms with Crippen LogP contribution in [0, 0.1) is 11.6 Å². The maximum Gasteiger partial charge on any atom is 0.279 e. The van der Waals surface area contributed by atoms with Crippen LogP contribution >= 0.6 is 0 Å². The highest BCUT2D eigenvalue weighted by molar-refractivity contribution is 6.03. The van der Waals surface area contributed by atoms with Gasteiger partial charge in [0.05, 0.1) is 17.2 Å². The molecule has 0 bridgehead atoms. The molecule has 3 rings (SSSR count). The molecule has 2 heterocycles. The number of imidazole rings is 1. The zero-order chi connectivity index (χ0) is 17.5. The summed E-state index contributed by atoms with van der Waals surface area (Å²) in [6.07, 6.45) is 0.796. The summed E-state index contributed by atoms with van der Waals surface area (Å²) >= 11 is 0. The molecular formula is C17H16F2N4O. The molecule has 0 saturated heterocycles. The lowest BCUT2D eigenvalue weighted by Gasteiger charge is -2.24. The van der Waals surface area contributed by atoms with Gasteiger partial charge < -0.3 is 4.57 Å². The predicted octanol–water partition coefficient (Wildman–Crippen LogP) is 3.72. The molecule has 3 aromatic rings. The van der Waals surface area contributed by atoms with Gasteiger partial charge in [0.1, 0.15) is 5.82 Å². The molecule has 5 nitrogen and oxygen atoms in total. The standard InChI is InChI=1S/C17H16F2N4O/c1-17(2,3)23-13-7-5-4-6-12(13)21-16(23)22-15(24)14-11(19)8-10(18)9-20-14/h4-9H,1-3H3,(H,21,22,24). The number of anilines is 1. The summed E-state index contributed by atoms with van der Waals surface area (Å²) in [6, 6.07) is 8.05. The van der Waals surface area contributed by atoms with E-state index >= 15 is 0 Å². The molecule has 1 N–H and O–H groups in total. The average Bonchev–Trinajstić information content (AvgIpc) is 2.84. The van der Waals surface area contributed by atoms with Crippen LogP contribution in [0.5, 0.6) is 0 Å². The van der Waals surface area contributed by atoms with E-state index in [4.69, 9.17) is 0 Å². The van der Waals surface area contributed by atoms with E-state index in [1.54, 1.807) is 0 Å². The van der Waals surface area contributed by atoms with Crippen molar-refractivity contribution in [2.24, 2.45) is 0 Å². The van der Waals surface area contributed by atoms with E-state index in [2.05, 4.69) is 15.3 Å². The minimum absolute atomic E-state index is 0.277. The van der Waals surface area contributed by atoms with Crippen molar-refractivity contribution in [2.75, 3.05) is 5.32 Å². The van der Waals surface area contributed by atoms with Gasteiger partial charge in [-0.25, -0.2) is 18.7 Å². The number of halogens is 2. The van der Waals surface area contributed by atoms with Gasteiger partial charge in [0.2, 0.25) is 5.95 Å². The first-order chi connectivity index (χ1) is 11.3. The minimum Gasteiger partial charge on any atom is -0.305 e. The molecule has 0 spiro atoms. The molecule has 2 aromatic heterocycles. The molecule has 0 aliphatic heterocycles. The van der Waals surface area contributed by atoms with Gasteiger partial charge in [-0.2, -0.15) is 0 Å². The lowest BCUT2D eigenvalue weighted by Crippen LogP contribution is -2.26. The normalized spacial score (nSPS) is 11.7. The van der Waals surface area contributed by atoms with Crippen molar-refractivity contribution in [1.29, 1.82) is 0 Å². The fourth-order valence-corrected chi connectivity index (χ4v) is 2.53. The van der Waals surface area contributed by atoms with Crippen molar-refractivity contribution >= 4 is 22.9 Å². The van der Waals surface area contributed by atoms with Gasteiger partial charge in [-0.3, -0.25) is 10.1 Å². The van der Waals surface area contributed by atoms with Crippen molar-refractivity contribution in [3.05, 3.63) is 53.9 Å². The fraction of sp³-hybridized carbons (Fsp3) is 0.235. The quantitative estimate of drug-likeness (QED) is 0.779. The number of fused-ring (bicyclic) bond motifs is 1. The van der Waals surface area contributed by atoms with Gasteiger partial charge in [0.25, 0.3) is 5.91 Å². The Morgan fingerprint density at radius 1 is 1.21 bits per heavy atom. The number of para-hydroxylation sites is 2. The van der Waals surface area contributed by atoms with E-state index in [0.29, 0.717) is 11.6 Å². The van der Waals surface area contributed by atoms with E-state index in [1.807, 2.05) is 49.6 Å². The molecule has 0 fully saturated rings. The largest absolute Gasteiger partial charge is 0.305 e. The summed E-state index contributed by atoms with van der Waals surface area (Å²) in [5.74, 6) is -2.37. The number of amides is 1. The second-order valence-corrected chi connectivity index (χ2v) is 6.37. The maximum absolute atomic E-state index is 13.8. The second kappa shape index (κ2) is 5.67. The highest BCUT2D eigenvalue weighted by atomic mass is 19.1. The van der Waals surface area contributed by atoms with Crippen LogP contribution in [0.4, 0.5) is 14.7 Å². The molecule has 0 unspecified atom stereocenters. The van der Waals surface area contributed by atoms with Crippen LogP contribution in [0.25, 0.3) is 11.0 Å². The van der Waals surface area contributed by atoms with Crippen molar-refractivity contribution in [3.8, 4) is 0 Å². The number of hydrogen-bond acceptors (Lipinski definition) is 3. The summed E-state index contributed by atoms with van der Waals surface area (Å²) in [4.78, 5) is 20.2. The smallest absolute Gasteiger partial charge is 0.279 e. The summed E-state index contributed by atoms with van der Waals surface area (Å²) < 4.78 is 28.5. The zero-order valence-corrected chi connectivity index (χ0v) is 13.5. The lowest BCUT2D eigenvalue weighted by atomic mass is 10.1. The Morgan fingerprint density at radius 3 is 2.58 bits per heavy atom. The van der Waals surface area contributed by atoms with Crippen LogP contribution in [0.15, 0.2) is 36.5 Å². The molecule has 124 valence electrons. The number of nitrogens with one attached hydrogen (secondary N) is 1. The minimum atomic E-state index is -1.02. The van der Waals surface area contributed by atoms with Crippen molar-refractivity contribution in [1.82, 2.24) is 14.5 Å². The van der Waals surface area contributed by atoms with Crippen molar-refractivity contribution in [2.45, 2.75) is 26.3 Å². The average molecular weight is 330 g/mol. The van der Waals surface area contributed by atoms with Crippen LogP contribution in [-0.2, 0) is 5.54 Å². The van der Waals surface area contributed by atoms with Crippen LogP contribution in [0.1, 0.15) is 31.3 Å². The van der Waals surface area contributed by atoms with E-state index < -0.39 is 23.2 Å². The molecule has 24 heavy (non-hydrogen) atoms. The van der Waals surface area contributed by atoms with Crippen LogP contribution in [-0.4, -0.2) is 20.4 Å². The Labute approximate surface area is 137 Å². The lowest BCUT2D eigenvalue weighted by molar-refractivity contribution is 0.101. The van der Waals surface area contributed by atoms with Gasteiger partial charge in [-0.05, 0) is 32.9 Å². The summed E-state index contributed by atoms with van der Waals surface area (Å²) in [5.41, 5.74) is 0.694. The monoisotopic (exact) mass is 330 g/mol. The van der Waals surface area contributed by atoms with Crippen molar-refractivity contribution in [3.63, 3.8) is 0 Å². The number of carbonyl (C=O) groups is 1. The number of pyridine rings is 1. The first-order valence-electron chi connectivity index (χ1n) is 7.38. The number of aromatic nitrogens is 3.